The Kier molecular flexibility index (Phi) is 2.88. The second-order valence-electron chi connectivity index (χ2n) is 1.96. The van der Waals surface area contributed by atoms with E-state index in [0.717, 1.165) is 5.69 Å². The molecule has 0 unspecified atom stereocenters. The molecule has 1 aromatic heterocycles. The molecule has 0 amide bonds. The first-order chi connectivity index (χ1) is 5.33. The first-order valence-electron chi connectivity index (χ1n) is 3.17. The van der Waals surface area contributed by atoms with Crippen LogP contribution in [0.4, 0.5) is 0 Å². The van der Waals surface area contributed by atoms with Gasteiger partial charge in [0.15, 0.2) is 0 Å². The topological polar surface area (TPSA) is 25.8 Å². The van der Waals surface area contributed by atoms with Gasteiger partial charge >= 0.3 is 0 Å². The summed E-state index contributed by atoms with van der Waals surface area (Å²) in [5, 5.41) is 0. The van der Waals surface area contributed by atoms with Crippen molar-refractivity contribution in [3.8, 4) is 11.8 Å². The van der Waals surface area contributed by atoms with Gasteiger partial charge in [0.05, 0.1) is 5.88 Å². The monoisotopic (exact) mass is 166 g/mol. The Morgan fingerprint density at radius 2 is 2.45 bits per heavy atom. The van der Waals surface area contributed by atoms with Gasteiger partial charge in [-0.25, -0.2) is 9.97 Å². The van der Waals surface area contributed by atoms with E-state index in [0.29, 0.717) is 11.7 Å². The summed E-state index contributed by atoms with van der Waals surface area (Å²) in [7, 11) is 0. The third kappa shape index (κ3) is 2.57. The molecular weight excluding hydrogens is 160 g/mol. The van der Waals surface area contributed by atoms with Crippen molar-refractivity contribution < 1.29 is 0 Å². The number of hydrogen-bond acceptors (Lipinski definition) is 2. The van der Waals surface area contributed by atoms with Gasteiger partial charge in [0.2, 0.25) is 5.82 Å². The summed E-state index contributed by atoms with van der Waals surface area (Å²) in [6, 6.07) is 1.83. The number of aryl methyl sites for hydroxylation is 1. The van der Waals surface area contributed by atoms with Crippen molar-refractivity contribution in [3.63, 3.8) is 0 Å². The van der Waals surface area contributed by atoms with Crippen LogP contribution in [0.25, 0.3) is 0 Å². The lowest BCUT2D eigenvalue weighted by Gasteiger charge is -1.89. The van der Waals surface area contributed by atoms with E-state index in [9.17, 15) is 0 Å². The number of halogens is 1. The van der Waals surface area contributed by atoms with E-state index in [1.165, 1.54) is 0 Å². The highest BCUT2D eigenvalue weighted by molar-refractivity contribution is 6.19. The molecule has 56 valence electrons. The van der Waals surface area contributed by atoms with Gasteiger partial charge < -0.3 is 0 Å². The molecule has 2 nitrogen and oxygen atoms in total. The zero-order chi connectivity index (χ0) is 8.10. The Hall–Kier alpha value is -1.07. The molecule has 1 rings (SSSR count). The molecule has 0 aliphatic carbocycles. The van der Waals surface area contributed by atoms with E-state index in [-0.39, 0.29) is 0 Å². The fraction of sp³-hybridized carbons (Fsp3) is 0.250. The van der Waals surface area contributed by atoms with E-state index >= 15 is 0 Å². The predicted molar refractivity (Wildman–Crippen MR) is 44.4 cm³/mol. The van der Waals surface area contributed by atoms with Crippen LogP contribution in [0.3, 0.4) is 0 Å². The molecule has 3 heteroatoms. The fourth-order valence-electron chi connectivity index (χ4n) is 0.622. The normalized spacial score (nSPS) is 8.55. The van der Waals surface area contributed by atoms with Crippen molar-refractivity contribution in [1.29, 1.82) is 0 Å². The Bertz CT molecular complexity index is 298. The summed E-state index contributed by atoms with van der Waals surface area (Å²) >= 11 is 5.36. The highest BCUT2D eigenvalue weighted by Gasteiger charge is 1.88. The predicted octanol–water partition coefficient (Wildman–Crippen LogP) is 1.38. The second-order valence-corrected chi connectivity index (χ2v) is 2.22. The molecular formula is C8H7ClN2. The minimum atomic E-state index is 0.317. The quantitative estimate of drug-likeness (QED) is 0.430. The minimum Gasteiger partial charge on any atom is -0.229 e. The average molecular weight is 167 g/mol. The maximum absolute atomic E-state index is 5.36. The SMILES string of the molecule is Cc1ccnc(C#CCCl)n1. The second kappa shape index (κ2) is 3.95. The zero-order valence-electron chi connectivity index (χ0n) is 6.13. The molecule has 0 aliphatic heterocycles. The number of hydrogen-bond donors (Lipinski definition) is 0. The summed E-state index contributed by atoms with van der Waals surface area (Å²) in [5.74, 6) is 6.26. The van der Waals surface area contributed by atoms with Gasteiger partial charge in [-0.2, -0.15) is 0 Å². The summed E-state index contributed by atoms with van der Waals surface area (Å²) in [6.45, 7) is 1.90. The summed E-state index contributed by atoms with van der Waals surface area (Å²) in [5.41, 5.74) is 0.916. The molecule has 11 heavy (non-hydrogen) atoms. The van der Waals surface area contributed by atoms with Crippen molar-refractivity contribution in [2.75, 3.05) is 5.88 Å². The smallest absolute Gasteiger partial charge is 0.205 e. The molecule has 0 aromatic carbocycles. The average Bonchev–Trinajstić information content (AvgIpc) is 2.01. The lowest BCUT2D eigenvalue weighted by atomic mass is 10.4. The van der Waals surface area contributed by atoms with Gasteiger partial charge in [-0.3, -0.25) is 0 Å². The van der Waals surface area contributed by atoms with Crippen molar-refractivity contribution in [3.05, 3.63) is 23.8 Å². The third-order valence-electron chi connectivity index (χ3n) is 1.06. The number of nitrogens with zero attached hydrogens (tertiary/aromatic N) is 2. The first-order valence-corrected chi connectivity index (χ1v) is 3.71. The van der Waals surface area contributed by atoms with Crippen molar-refractivity contribution in [2.45, 2.75) is 6.92 Å². The molecule has 0 bridgehead atoms. The molecule has 0 aliphatic rings. The molecule has 0 saturated heterocycles. The Morgan fingerprint density at radius 1 is 1.64 bits per heavy atom. The first kappa shape index (κ1) is 8.03. The Labute approximate surface area is 70.6 Å². The molecule has 0 fully saturated rings. The van der Waals surface area contributed by atoms with Gasteiger partial charge in [0.1, 0.15) is 0 Å². The van der Waals surface area contributed by atoms with Crippen molar-refractivity contribution >= 4 is 11.6 Å². The maximum Gasteiger partial charge on any atom is 0.205 e. The lowest BCUT2D eigenvalue weighted by Crippen LogP contribution is -1.89. The van der Waals surface area contributed by atoms with E-state index in [1.807, 2.05) is 13.0 Å². The van der Waals surface area contributed by atoms with Gasteiger partial charge in [0, 0.05) is 11.9 Å². The van der Waals surface area contributed by atoms with E-state index in [1.54, 1.807) is 6.20 Å². The molecule has 0 N–H and O–H groups in total. The van der Waals surface area contributed by atoms with Crippen molar-refractivity contribution in [1.82, 2.24) is 9.97 Å². The summed E-state index contributed by atoms with van der Waals surface area (Å²) in [4.78, 5) is 8.00. The van der Waals surface area contributed by atoms with Gasteiger partial charge in [-0.05, 0) is 18.9 Å². The van der Waals surface area contributed by atoms with Crippen LogP contribution >= 0.6 is 11.6 Å². The molecule has 0 spiro atoms. The lowest BCUT2D eigenvalue weighted by molar-refractivity contribution is 1.07. The van der Waals surface area contributed by atoms with Crippen LogP contribution in [0.1, 0.15) is 11.5 Å². The number of aromatic nitrogens is 2. The Balaban J connectivity index is 2.87. The van der Waals surface area contributed by atoms with Crippen LogP contribution in [0, 0.1) is 18.8 Å². The van der Waals surface area contributed by atoms with E-state index in [4.69, 9.17) is 11.6 Å². The number of alkyl halides is 1. The van der Waals surface area contributed by atoms with Gasteiger partial charge in [-0.1, -0.05) is 5.92 Å². The summed E-state index contributed by atoms with van der Waals surface area (Å²) < 4.78 is 0. The largest absolute Gasteiger partial charge is 0.229 e. The van der Waals surface area contributed by atoms with Crippen LogP contribution in [0.2, 0.25) is 0 Å². The van der Waals surface area contributed by atoms with Crippen LogP contribution in [0.5, 0.6) is 0 Å². The van der Waals surface area contributed by atoms with E-state index in [2.05, 4.69) is 21.8 Å². The zero-order valence-corrected chi connectivity index (χ0v) is 6.89. The fourth-order valence-corrected chi connectivity index (χ4v) is 0.688. The Morgan fingerprint density at radius 3 is 3.09 bits per heavy atom. The van der Waals surface area contributed by atoms with Crippen LogP contribution < -0.4 is 0 Å². The molecule has 0 radical (unpaired) electrons. The standard InChI is InChI=1S/C8H7ClN2/c1-7-4-6-10-8(11-7)3-2-5-9/h4,6H,5H2,1H3. The summed E-state index contributed by atoms with van der Waals surface area (Å²) in [6.07, 6.45) is 1.68. The van der Waals surface area contributed by atoms with Crippen LogP contribution in [0.15, 0.2) is 12.3 Å². The highest BCUT2D eigenvalue weighted by atomic mass is 35.5. The van der Waals surface area contributed by atoms with Gasteiger partial charge in [-0.15, -0.1) is 11.6 Å². The number of rotatable bonds is 0. The van der Waals surface area contributed by atoms with Gasteiger partial charge in [0.25, 0.3) is 0 Å². The van der Waals surface area contributed by atoms with Crippen molar-refractivity contribution in [2.24, 2.45) is 0 Å². The van der Waals surface area contributed by atoms with E-state index < -0.39 is 0 Å². The third-order valence-corrected chi connectivity index (χ3v) is 1.20. The van der Waals surface area contributed by atoms with Crippen LogP contribution in [-0.2, 0) is 0 Å². The minimum absolute atomic E-state index is 0.317. The highest BCUT2D eigenvalue weighted by Crippen LogP contribution is 1.90. The molecule has 0 saturated carbocycles. The van der Waals surface area contributed by atoms with Crippen LogP contribution in [-0.4, -0.2) is 15.8 Å². The molecule has 1 heterocycles. The maximum atomic E-state index is 5.36. The molecule has 1 aromatic rings. The molecule has 0 atom stereocenters.